The van der Waals surface area contributed by atoms with E-state index in [2.05, 4.69) is 5.32 Å². The summed E-state index contributed by atoms with van der Waals surface area (Å²) in [5, 5.41) is 14.0. The van der Waals surface area contributed by atoms with Crippen LogP contribution in [0.5, 0.6) is 0 Å². The number of benzene rings is 1. The molecule has 1 aliphatic rings. The van der Waals surface area contributed by atoms with Gasteiger partial charge in [-0.05, 0) is 29.6 Å². The van der Waals surface area contributed by atoms with E-state index in [0.717, 1.165) is 4.31 Å². The Morgan fingerprint density at radius 1 is 1.29 bits per heavy atom. The molecule has 1 N–H and O–H groups in total. The molecule has 10 heteroatoms. The number of anilines is 2. The van der Waals surface area contributed by atoms with Crippen LogP contribution in [0.3, 0.4) is 0 Å². The topological polar surface area (TPSA) is 103 Å². The molecular formula is C18H20N4O4S2. The lowest BCUT2D eigenvalue weighted by Crippen LogP contribution is -2.37. The number of nitrogens with one attached hydrogen (secondary N) is 1. The van der Waals surface area contributed by atoms with Gasteiger partial charge in [0.05, 0.1) is 29.2 Å². The Labute approximate surface area is 168 Å². The average Bonchev–Trinajstić information content (AvgIpc) is 3.15. The second kappa shape index (κ2) is 8.28. The maximum atomic E-state index is 13.0. The molecule has 0 aliphatic carbocycles. The lowest BCUT2D eigenvalue weighted by atomic mass is 10.1. The Hall–Kier alpha value is -2.45. The molecule has 1 saturated heterocycles. The summed E-state index contributed by atoms with van der Waals surface area (Å²) in [6.07, 6.45) is 0. The van der Waals surface area contributed by atoms with Crippen molar-refractivity contribution < 1.29 is 17.9 Å². The van der Waals surface area contributed by atoms with E-state index in [4.69, 9.17) is 10.00 Å². The summed E-state index contributed by atoms with van der Waals surface area (Å²) in [5.41, 5.74) is 1.24. The lowest BCUT2D eigenvalue weighted by molar-refractivity contribution is 0.102. The van der Waals surface area contributed by atoms with Crippen molar-refractivity contribution in [2.75, 3.05) is 50.6 Å². The molecule has 1 fully saturated rings. The molecule has 8 nitrogen and oxygen atoms in total. The first kappa shape index (κ1) is 20.3. The van der Waals surface area contributed by atoms with Gasteiger partial charge in [0.15, 0.2) is 0 Å². The van der Waals surface area contributed by atoms with E-state index in [9.17, 15) is 13.2 Å². The maximum absolute atomic E-state index is 13.0. The van der Waals surface area contributed by atoms with Gasteiger partial charge in [-0.2, -0.15) is 5.26 Å². The first-order valence-corrected chi connectivity index (χ1v) is 10.8. The Kier molecular flexibility index (Phi) is 6.00. The zero-order valence-electron chi connectivity index (χ0n) is 15.5. The monoisotopic (exact) mass is 420 g/mol. The van der Waals surface area contributed by atoms with Crippen LogP contribution in [0.2, 0.25) is 0 Å². The molecule has 0 radical (unpaired) electrons. The van der Waals surface area contributed by atoms with E-state index in [-0.39, 0.29) is 10.5 Å². The molecule has 28 heavy (non-hydrogen) atoms. The van der Waals surface area contributed by atoms with E-state index in [1.807, 2.05) is 11.0 Å². The van der Waals surface area contributed by atoms with Crippen LogP contribution < -0.4 is 10.2 Å². The number of ether oxygens (including phenoxy) is 1. The Morgan fingerprint density at radius 3 is 2.64 bits per heavy atom. The molecule has 1 aromatic heterocycles. The number of carbonyl (C=O) groups is 1. The number of carbonyl (C=O) groups excluding carboxylic acids is 1. The third kappa shape index (κ3) is 4.02. The molecule has 2 aromatic rings. The van der Waals surface area contributed by atoms with Crippen LogP contribution in [0, 0.1) is 11.3 Å². The first-order chi connectivity index (χ1) is 13.3. The third-order valence-corrected chi connectivity index (χ3v) is 7.00. The predicted molar refractivity (Wildman–Crippen MR) is 107 cm³/mol. The predicted octanol–water partition coefficient (Wildman–Crippen LogP) is 1.96. The summed E-state index contributed by atoms with van der Waals surface area (Å²) in [7, 11) is -0.814. The number of nitriles is 1. The van der Waals surface area contributed by atoms with E-state index < -0.39 is 15.9 Å². The quantitative estimate of drug-likeness (QED) is 0.793. The highest BCUT2D eigenvalue weighted by Gasteiger charge is 2.24. The Balaban J connectivity index is 2.04. The number of rotatable bonds is 5. The van der Waals surface area contributed by atoms with Crippen LogP contribution in [0.1, 0.15) is 15.9 Å². The molecule has 1 amide bonds. The van der Waals surface area contributed by atoms with Crippen LogP contribution in [-0.2, 0) is 14.8 Å². The SMILES string of the molecule is CN(C)S(=O)(=O)c1ccc(N2CCOCC2)c(C(=O)Nc2sccc2C#N)c1. The van der Waals surface area contributed by atoms with Crippen LogP contribution in [-0.4, -0.2) is 59.0 Å². The Morgan fingerprint density at radius 2 is 2.00 bits per heavy atom. The standard InChI is InChI=1S/C18H20N4O4S2/c1-21(2)28(24,25)14-3-4-16(22-6-8-26-9-7-22)15(11-14)17(23)20-18-13(12-19)5-10-27-18/h3-5,10-11H,6-9H2,1-2H3,(H,20,23). The van der Waals surface area contributed by atoms with Crippen LogP contribution in [0.4, 0.5) is 10.7 Å². The smallest absolute Gasteiger partial charge is 0.258 e. The molecule has 0 saturated carbocycles. The molecule has 3 rings (SSSR count). The number of hydrogen-bond acceptors (Lipinski definition) is 7. The minimum atomic E-state index is -3.69. The Bertz CT molecular complexity index is 1020. The van der Waals surface area contributed by atoms with Gasteiger partial charge in [-0.15, -0.1) is 11.3 Å². The summed E-state index contributed by atoms with van der Waals surface area (Å²) in [6.45, 7) is 2.26. The van der Waals surface area contributed by atoms with Gasteiger partial charge < -0.3 is 15.0 Å². The van der Waals surface area contributed by atoms with E-state index >= 15 is 0 Å². The van der Waals surface area contributed by atoms with E-state index in [1.54, 1.807) is 17.5 Å². The van der Waals surface area contributed by atoms with Crippen molar-refractivity contribution in [3.8, 4) is 6.07 Å². The molecule has 2 heterocycles. The van der Waals surface area contributed by atoms with Crippen molar-refractivity contribution in [3.05, 3.63) is 40.8 Å². The summed E-state index contributed by atoms with van der Waals surface area (Å²) >= 11 is 1.24. The number of nitrogens with zero attached hydrogens (tertiary/aromatic N) is 3. The highest BCUT2D eigenvalue weighted by molar-refractivity contribution is 7.89. The normalized spacial score (nSPS) is 14.7. The van der Waals surface area contributed by atoms with Gasteiger partial charge in [0.1, 0.15) is 11.1 Å². The van der Waals surface area contributed by atoms with E-state index in [0.29, 0.717) is 42.6 Å². The van der Waals surface area contributed by atoms with Gasteiger partial charge in [-0.3, -0.25) is 4.79 Å². The number of amides is 1. The highest BCUT2D eigenvalue weighted by atomic mass is 32.2. The van der Waals surface area contributed by atoms with Crippen molar-refractivity contribution in [2.24, 2.45) is 0 Å². The second-order valence-electron chi connectivity index (χ2n) is 6.30. The average molecular weight is 421 g/mol. The third-order valence-electron chi connectivity index (χ3n) is 4.36. The number of morpholine rings is 1. The van der Waals surface area contributed by atoms with Crippen molar-refractivity contribution in [3.63, 3.8) is 0 Å². The lowest BCUT2D eigenvalue weighted by Gasteiger charge is -2.30. The molecule has 0 spiro atoms. The number of thiophene rings is 1. The minimum absolute atomic E-state index is 0.0337. The molecule has 0 unspecified atom stereocenters. The van der Waals surface area contributed by atoms with Crippen LogP contribution >= 0.6 is 11.3 Å². The van der Waals surface area contributed by atoms with Crippen LogP contribution in [0.25, 0.3) is 0 Å². The first-order valence-electron chi connectivity index (χ1n) is 8.53. The van der Waals surface area contributed by atoms with Crippen molar-refractivity contribution in [1.29, 1.82) is 5.26 Å². The maximum Gasteiger partial charge on any atom is 0.258 e. The zero-order chi connectivity index (χ0) is 20.3. The van der Waals surface area contributed by atoms with Gasteiger partial charge in [-0.25, -0.2) is 12.7 Å². The summed E-state index contributed by atoms with van der Waals surface area (Å²) < 4.78 is 31.5. The molecule has 148 valence electrons. The van der Waals surface area contributed by atoms with Crippen molar-refractivity contribution in [2.45, 2.75) is 4.90 Å². The largest absolute Gasteiger partial charge is 0.378 e. The molecule has 1 aromatic carbocycles. The minimum Gasteiger partial charge on any atom is -0.378 e. The van der Waals surface area contributed by atoms with Crippen molar-refractivity contribution >= 4 is 38.0 Å². The highest BCUT2D eigenvalue weighted by Crippen LogP contribution is 2.29. The zero-order valence-corrected chi connectivity index (χ0v) is 17.1. The van der Waals surface area contributed by atoms with Gasteiger partial charge in [0, 0.05) is 32.9 Å². The summed E-state index contributed by atoms with van der Waals surface area (Å²) in [4.78, 5) is 15.0. The van der Waals surface area contributed by atoms with Gasteiger partial charge in [0.2, 0.25) is 10.0 Å². The summed E-state index contributed by atoms with van der Waals surface area (Å²) in [6, 6.07) is 8.18. The van der Waals surface area contributed by atoms with Gasteiger partial charge in [-0.1, -0.05) is 0 Å². The fourth-order valence-electron chi connectivity index (χ4n) is 2.81. The fourth-order valence-corrected chi connectivity index (χ4v) is 4.47. The van der Waals surface area contributed by atoms with E-state index in [1.165, 1.54) is 37.6 Å². The molecular weight excluding hydrogens is 400 g/mol. The molecule has 0 atom stereocenters. The van der Waals surface area contributed by atoms with Gasteiger partial charge >= 0.3 is 0 Å². The van der Waals surface area contributed by atoms with Crippen molar-refractivity contribution in [1.82, 2.24) is 4.31 Å². The number of hydrogen-bond donors (Lipinski definition) is 1. The number of sulfonamides is 1. The summed E-state index contributed by atoms with van der Waals surface area (Å²) in [5.74, 6) is -0.462. The fraction of sp³-hybridized carbons (Fsp3) is 0.333. The molecule has 0 bridgehead atoms. The van der Waals surface area contributed by atoms with Gasteiger partial charge in [0.25, 0.3) is 5.91 Å². The molecule has 1 aliphatic heterocycles. The van der Waals surface area contributed by atoms with Crippen LogP contribution in [0.15, 0.2) is 34.5 Å². The second-order valence-corrected chi connectivity index (χ2v) is 9.36.